The van der Waals surface area contributed by atoms with Crippen LogP contribution in [0.25, 0.3) is 10.9 Å². The van der Waals surface area contributed by atoms with Gasteiger partial charge in [-0.05, 0) is 43.4 Å². The largest absolute Gasteiger partial charge is 0.391 e. The Kier molecular flexibility index (Phi) is 3.98. The zero-order valence-corrected chi connectivity index (χ0v) is 13.7. The van der Waals surface area contributed by atoms with Crippen molar-refractivity contribution in [3.05, 3.63) is 45.2 Å². The summed E-state index contributed by atoms with van der Waals surface area (Å²) >= 11 is 0. The summed E-state index contributed by atoms with van der Waals surface area (Å²) < 4.78 is 0. The summed E-state index contributed by atoms with van der Waals surface area (Å²) in [4.78, 5) is 30.1. The van der Waals surface area contributed by atoms with Gasteiger partial charge in [-0.25, -0.2) is 0 Å². The number of likely N-dealkylation sites (tertiary alicyclic amines) is 1. The molecule has 2 atom stereocenters. The Balaban J connectivity index is 2.02. The molecular formula is C18H22N2O3. The lowest BCUT2D eigenvalue weighted by molar-refractivity contribution is 0.0248. The molecule has 1 amide bonds. The van der Waals surface area contributed by atoms with E-state index in [9.17, 15) is 14.7 Å². The molecule has 5 heteroatoms. The highest BCUT2D eigenvalue weighted by Crippen LogP contribution is 2.20. The molecule has 2 aromatic rings. The van der Waals surface area contributed by atoms with E-state index in [1.807, 2.05) is 32.9 Å². The molecule has 2 N–H and O–H groups in total. The number of amides is 1. The van der Waals surface area contributed by atoms with Crippen LogP contribution in [-0.2, 0) is 0 Å². The monoisotopic (exact) mass is 314 g/mol. The summed E-state index contributed by atoms with van der Waals surface area (Å²) in [7, 11) is 0. The number of nitrogens with one attached hydrogen (secondary N) is 1. The molecule has 0 radical (unpaired) electrons. The highest BCUT2D eigenvalue weighted by Gasteiger charge is 2.29. The number of nitrogens with zero attached hydrogens (tertiary/aromatic N) is 1. The van der Waals surface area contributed by atoms with Gasteiger partial charge in [-0.15, -0.1) is 0 Å². The van der Waals surface area contributed by atoms with Gasteiger partial charge in [-0.2, -0.15) is 0 Å². The number of piperidine rings is 1. The number of fused-ring (bicyclic) bond motifs is 1. The third-order valence-corrected chi connectivity index (χ3v) is 4.77. The quantitative estimate of drug-likeness (QED) is 0.845. The summed E-state index contributed by atoms with van der Waals surface area (Å²) in [6.45, 7) is 6.70. The van der Waals surface area contributed by atoms with E-state index in [2.05, 4.69) is 4.98 Å². The Morgan fingerprint density at radius 2 is 2.09 bits per heavy atom. The number of β-amino-alcohol motifs (C(OH)–C–C–N with tert-alkyl or cyclic N) is 1. The van der Waals surface area contributed by atoms with Crippen molar-refractivity contribution in [3.63, 3.8) is 0 Å². The first-order valence-electron chi connectivity index (χ1n) is 7.98. The van der Waals surface area contributed by atoms with Crippen LogP contribution in [0.15, 0.2) is 23.1 Å². The van der Waals surface area contributed by atoms with E-state index in [0.717, 1.165) is 23.1 Å². The van der Waals surface area contributed by atoms with Gasteiger partial charge in [0.1, 0.15) is 5.56 Å². The molecule has 1 fully saturated rings. The molecule has 0 spiro atoms. The normalized spacial score (nSPS) is 21.7. The second kappa shape index (κ2) is 5.81. The third-order valence-electron chi connectivity index (χ3n) is 4.77. The molecule has 122 valence electrons. The fourth-order valence-corrected chi connectivity index (χ4v) is 3.26. The van der Waals surface area contributed by atoms with Gasteiger partial charge >= 0.3 is 0 Å². The highest BCUT2D eigenvalue weighted by molar-refractivity contribution is 5.97. The molecule has 0 aliphatic carbocycles. The van der Waals surface area contributed by atoms with E-state index in [-0.39, 0.29) is 29.4 Å². The van der Waals surface area contributed by atoms with Crippen LogP contribution in [0.2, 0.25) is 0 Å². The number of H-pyrrole nitrogens is 1. The second-order valence-electron chi connectivity index (χ2n) is 6.62. The van der Waals surface area contributed by atoms with Crippen molar-refractivity contribution in [2.45, 2.75) is 33.3 Å². The molecule has 1 saturated heterocycles. The maximum atomic E-state index is 12.7. The van der Waals surface area contributed by atoms with Gasteiger partial charge in [0, 0.05) is 24.7 Å². The third kappa shape index (κ3) is 2.77. The Morgan fingerprint density at radius 3 is 2.78 bits per heavy atom. The molecule has 1 aliphatic rings. The summed E-state index contributed by atoms with van der Waals surface area (Å²) in [6.07, 6.45) is 1.72. The van der Waals surface area contributed by atoms with Crippen molar-refractivity contribution in [3.8, 4) is 0 Å². The van der Waals surface area contributed by atoms with Crippen molar-refractivity contribution < 1.29 is 9.90 Å². The number of pyridine rings is 1. The zero-order chi connectivity index (χ0) is 16.7. The van der Waals surface area contributed by atoms with E-state index in [1.165, 1.54) is 6.20 Å². The van der Waals surface area contributed by atoms with Crippen LogP contribution in [-0.4, -0.2) is 40.1 Å². The average molecular weight is 314 g/mol. The first-order chi connectivity index (χ1) is 10.9. The SMILES string of the molecule is Cc1cc(C)c2[nH]cc(C(=O)N3CCC(C)C(O)C3)c(=O)c2c1. The number of aromatic amines is 1. The van der Waals surface area contributed by atoms with Gasteiger partial charge in [0.25, 0.3) is 5.91 Å². The molecular weight excluding hydrogens is 292 g/mol. The van der Waals surface area contributed by atoms with Crippen LogP contribution in [0.1, 0.15) is 34.8 Å². The number of rotatable bonds is 1. The van der Waals surface area contributed by atoms with Crippen LogP contribution in [0, 0.1) is 19.8 Å². The number of carbonyl (C=O) groups excluding carboxylic acids is 1. The van der Waals surface area contributed by atoms with Gasteiger partial charge in [0.05, 0.1) is 11.6 Å². The maximum Gasteiger partial charge on any atom is 0.259 e. The van der Waals surface area contributed by atoms with Crippen LogP contribution >= 0.6 is 0 Å². The topological polar surface area (TPSA) is 73.4 Å². The number of aliphatic hydroxyl groups excluding tert-OH is 1. The number of benzene rings is 1. The molecule has 2 unspecified atom stereocenters. The minimum absolute atomic E-state index is 0.143. The molecule has 0 bridgehead atoms. The zero-order valence-electron chi connectivity index (χ0n) is 13.7. The first kappa shape index (κ1) is 15.7. The average Bonchev–Trinajstić information content (AvgIpc) is 2.50. The lowest BCUT2D eigenvalue weighted by Gasteiger charge is -2.34. The second-order valence-corrected chi connectivity index (χ2v) is 6.62. The van der Waals surface area contributed by atoms with E-state index >= 15 is 0 Å². The fourth-order valence-electron chi connectivity index (χ4n) is 3.26. The van der Waals surface area contributed by atoms with Crippen LogP contribution in [0.3, 0.4) is 0 Å². The van der Waals surface area contributed by atoms with Crippen molar-refractivity contribution >= 4 is 16.8 Å². The van der Waals surface area contributed by atoms with E-state index in [1.54, 1.807) is 4.90 Å². The van der Waals surface area contributed by atoms with E-state index < -0.39 is 6.10 Å². The number of aromatic nitrogens is 1. The maximum absolute atomic E-state index is 12.7. The number of carbonyl (C=O) groups is 1. The summed E-state index contributed by atoms with van der Waals surface area (Å²) in [5.41, 5.74) is 2.64. The lowest BCUT2D eigenvalue weighted by Crippen LogP contribution is -2.46. The smallest absolute Gasteiger partial charge is 0.259 e. The summed E-state index contributed by atoms with van der Waals surface area (Å²) in [5, 5.41) is 10.5. The molecule has 1 aromatic carbocycles. The van der Waals surface area contributed by atoms with Crippen LogP contribution < -0.4 is 5.43 Å². The van der Waals surface area contributed by atoms with Crippen molar-refractivity contribution in [2.24, 2.45) is 5.92 Å². The predicted molar refractivity (Wildman–Crippen MR) is 89.7 cm³/mol. The van der Waals surface area contributed by atoms with Crippen molar-refractivity contribution in [1.29, 1.82) is 0 Å². The molecule has 1 aromatic heterocycles. The van der Waals surface area contributed by atoms with Gasteiger partial charge in [-0.3, -0.25) is 9.59 Å². The van der Waals surface area contributed by atoms with E-state index in [0.29, 0.717) is 11.9 Å². The van der Waals surface area contributed by atoms with Gasteiger partial charge < -0.3 is 15.0 Å². The van der Waals surface area contributed by atoms with Gasteiger partial charge in [0.15, 0.2) is 0 Å². The summed E-state index contributed by atoms with van der Waals surface area (Å²) in [6, 6.07) is 3.81. The van der Waals surface area contributed by atoms with Crippen LogP contribution in [0.4, 0.5) is 0 Å². The highest BCUT2D eigenvalue weighted by atomic mass is 16.3. The first-order valence-corrected chi connectivity index (χ1v) is 7.98. The minimum Gasteiger partial charge on any atom is -0.391 e. The Bertz CT molecular complexity index is 825. The number of aryl methyl sites for hydroxylation is 2. The number of aliphatic hydroxyl groups is 1. The number of hydrogen-bond acceptors (Lipinski definition) is 3. The standard InChI is InChI=1S/C18H22N2O3/c1-10-6-12(3)16-13(7-10)17(22)14(8-19-16)18(23)20-5-4-11(2)15(21)9-20/h6-8,11,15,21H,4-5,9H2,1-3H3,(H,19,22). The van der Waals surface area contributed by atoms with E-state index in [4.69, 9.17) is 0 Å². The lowest BCUT2D eigenvalue weighted by atomic mass is 9.95. The Labute approximate surface area is 134 Å². The Hall–Kier alpha value is -2.14. The predicted octanol–water partition coefficient (Wildman–Crippen LogP) is 1.99. The fraction of sp³-hybridized carbons (Fsp3) is 0.444. The minimum atomic E-state index is -0.531. The number of hydrogen-bond donors (Lipinski definition) is 2. The molecule has 1 aliphatic heterocycles. The molecule has 23 heavy (non-hydrogen) atoms. The molecule has 0 saturated carbocycles. The molecule has 5 nitrogen and oxygen atoms in total. The van der Waals surface area contributed by atoms with Crippen molar-refractivity contribution in [2.75, 3.05) is 13.1 Å². The van der Waals surface area contributed by atoms with Crippen LogP contribution in [0.5, 0.6) is 0 Å². The van der Waals surface area contributed by atoms with Crippen molar-refractivity contribution in [1.82, 2.24) is 9.88 Å². The summed E-state index contributed by atoms with van der Waals surface area (Å²) in [5.74, 6) is -0.127. The van der Waals surface area contributed by atoms with Gasteiger partial charge in [0.2, 0.25) is 5.43 Å². The van der Waals surface area contributed by atoms with Gasteiger partial charge in [-0.1, -0.05) is 13.0 Å². The molecule has 3 rings (SSSR count). The Morgan fingerprint density at radius 1 is 1.35 bits per heavy atom. The molecule has 2 heterocycles.